The van der Waals surface area contributed by atoms with Gasteiger partial charge in [-0.15, -0.1) is 0 Å². The predicted molar refractivity (Wildman–Crippen MR) is 142 cm³/mol. The van der Waals surface area contributed by atoms with E-state index in [1.54, 1.807) is 37.3 Å². The lowest BCUT2D eigenvalue weighted by Gasteiger charge is -2.12. The number of nitrogens with one attached hydrogen (secondary N) is 2. The van der Waals surface area contributed by atoms with E-state index in [-0.39, 0.29) is 22.7 Å². The van der Waals surface area contributed by atoms with Gasteiger partial charge in [-0.1, -0.05) is 66.7 Å². The maximum Gasteiger partial charge on any atom is 0.337 e. The van der Waals surface area contributed by atoms with Gasteiger partial charge in [0.25, 0.3) is 0 Å². The summed E-state index contributed by atoms with van der Waals surface area (Å²) < 4.78 is 27.4. The van der Waals surface area contributed by atoms with Crippen molar-refractivity contribution in [1.82, 2.24) is 0 Å². The van der Waals surface area contributed by atoms with E-state index >= 15 is 0 Å². The van der Waals surface area contributed by atoms with Crippen molar-refractivity contribution >= 4 is 49.6 Å². The second kappa shape index (κ2) is 10.5. The number of anilines is 2. The largest absolute Gasteiger partial charge is 0.478 e. The van der Waals surface area contributed by atoms with E-state index in [2.05, 4.69) is 10.0 Å². The maximum absolute atomic E-state index is 12.7. The molecule has 4 aromatic rings. The van der Waals surface area contributed by atoms with Crippen LogP contribution in [0.5, 0.6) is 0 Å². The Hall–Kier alpha value is -4.43. The molecule has 7 nitrogen and oxygen atoms in total. The van der Waals surface area contributed by atoms with E-state index in [0.717, 1.165) is 16.3 Å². The number of benzene rings is 4. The fourth-order valence-corrected chi connectivity index (χ4v) is 4.98. The fourth-order valence-electron chi connectivity index (χ4n) is 3.79. The molecule has 36 heavy (non-hydrogen) atoms. The van der Waals surface area contributed by atoms with Gasteiger partial charge >= 0.3 is 5.97 Å². The molecule has 3 N–H and O–H groups in total. The average Bonchev–Trinajstić information content (AvgIpc) is 2.84. The number of hydrogen-bond donors (Lipinski definition) is 3. The van der Waals surface area contributed by atoms with E-state index in [4.69, 9.17) is 0 Å². The Morgan fingerprint density at radius 3 is 2.28 bits per heavy atom. The third-order valence-electron chi connectivity index (χ3n) is 5.53. The highest BCUT2D eigenvalue weighted by molar-refractivity contribution is 7.91. The summed E-state index contributed by atoms with van der Waals surface area (Å²) >= 11 is 0. The van der Waals surface area contributed by atoms with Crippen molar-refractivity contribution in [2.75, 3.05) is 10.0 Å². The molecule has 0 aliphatic heterocycles. The molecule has 0 saturated carbocycles. The molecule has 0 fully saturated rings. The summed E-state index contributed by atoms with van der Waals surface area (Å²) in [5.74, 6) is -2.06. The lowest BCUT2D eigenvalue weighted by Crippen LogP contribution is -2.16. The summed E-state index contributed by atoms with van der Waals surface area (Å²) in [4.78, 5) is 24.5. The zero-order valence-corrected chi connectivity index (χ0v) is 20.2. The number of sulfonamides is 1. The van der Waals surface area contributed by atoms with Crippen LogP contribution in [-0.4, -0.2) is 25.4 Å². The molecule has 0 aliphatic rings. The molecule has 8 heteroatoms. The third-order valence-corrected chi connectivity index (χ3v) is 6.79. The summed E-state index contributed by atoms with van der Waals surface area (Å²) in [6.45, 7) is 1.80. The molecule has 182 valence electrons. The highest BCUT2D eigenvalue weighted by Gasteiger charge is 2.17. The first-order chi connectivity index (χ1) is 17.2. The van der Waals surface area contributed by atoms with Crippen LogP contribution >= 0.6 is 0 Å². The van der Waals surface area contributed by atoms with Crippen molar-refractivity contribution in [3.63, 3.8) is 0 Å². The minimum absolute atomic E-state index is 0.0565. The molecule has 1 amide bonds. The molecule has 0 aromatic heterocycles. The Morgan fingerprint density at radius 2 is 1.56 bits per heavy atom. The highest BCUT2D eigenvalue weighted by atomic mass is 32.2. The number of carboxylic acid groups (broad SMARTS) is 1. The molecule has 0 aliphatic carbocycles. The van der Waals surface area contributed by atoms with Gasteiger partial charge in [-0.2, -0.15) is 0 Å². The van der Waals surface area contributed by atoms with Gasteiger partial charge in [0.1, 0.15) is 0 Å². The van der Waals surface area contributed by atoms with Gasteiger partial charge in [-0.05, 0) is 58.7 Å². The lowest BCUT2D eigenvalue weighted by atomic mass is 10.0. The van der Waals surface area contributed by atoms with Crippen LogP contribution < -0.4 is 10.0 Å². The Labute approximate surface area is 209 Å². The van der Waals surface area contributed by atoms with Crippen LogP contribution in [0.1, 0.15) is 28.4 Å². The van der Waals surface area contributed by atoms with Crippen molar-refractivity contribution in [2.24, 2.45) is 0 Å². The van der Waals surface area contributed by atoms with E-state index in [9.17, 15) is 23.1 Å². The molecule has 0 atom stereocenters. The van der Waals surface area contributed by atoms with Gasteiger partial charge in [0, 0.05) is 11.8 Å². The zero-order valence-electron chi connectivity index (χ0n) is 19.4. The van der Waals surface area contributed by atoms with E-state index < -0.39 is 21.9 Å². The summed E-state index contributed by atoms with van der Waals surface area (Å²) in [5, 5.41) is 14.4. The van der Waals surface area contributed by atoms with Gasteiger partial charge in [0.2, 0.25) is 15.9 Å². The first-order valence-corrected chi connectivity index (χ1v) is 12.8. The van der Waals surface area contributed by atoms with Crippen molar-refractivity contribution in [3.05, 3.63) is 114 Å². The molecule has 0 unspecified atom stereocenters. The normalized spacial score (nSPS) is 11.8. The molecule has 0 heterocycles. The first-order valence-electron chi connectivity index (χ1n) is 11.1. The van der Waals surface area contributed by atoms with Gasteiger partial charge in [-0.3, -0.25) is 9.52 Å². The van der Waals surface area contributed by atoms with Gasteiger partial charge in [-0.25, -0.2) is 13.2 Å². The summed E-state index contributed by atoms with van der Waals surface area (Å²) in [6, 6.07) is 26.3. The summed E-state index contributed by atoms with van der Waals surface area (Å²) in [6.07, 6.45) is 1.40. The van der Waals surface area contributed by atoms with Crippen molar-refractivity contribution < 1.29 is 23.1 Å². The smallest absolute Gasteiger partial charge is 0.337 e. The summed E-state index contributed by atoms with van der Waals surface area (Å²) in [7, 11) is -3.77. The van der Waals surface area contributed by atoms with Crippen LogP contribution in [0.3, 0.4) is 0 Å². The average molecular weight is 501 g/mol. The monoisotopic (exact) mass is 500 g/mol. The standard InChI is InChI=1S/C28H24N2O5S/c1-19(22-12-11-21-9-5-6-10-23(21)16-22)15-27(31)29-26-14-13-24(17-25(26)28(32)33)30-36(34,35)18-20-7-3-2-4-8-20/h2-17,30H,18H2,1H3,(H,29,31)(H,32,33)/b19-15-. The minimum atomic E-state index is -3.77. The number of rotatable bonds is 8. The first kappa shape index (κ1) is 24.7. The van der Waals surface area contributed by atoms with Crippen LogP contribution in [0.4, 0.5) is 11.4 Å². The molecule has 0 bridgehead atoms. The Kier molecular flexibility index (Phi) is 7.17. The van der Waals surface area contributed by atoms with Gasteiger partial charge < -0.3 is 10.4 Å². The van der Waals surface area contributed by atoms with E-state index in [1.807, 2.05) is 42.5 Å². The van der Waals surface area contributed by atoms with Crippen molar-refractivity contribution in [2.45, 2.75) is 12.7 Å². The molecular formula is C28H24N2O5S. The number of carboxylic acids is 1. The molecule has 4 aromatic carbocycles. The topological polar surface area (TPSA) is 113 Å². The SMILES string of the molecule is C/C(=C/C(=O)Nc1ccc(NS(=O)(=O)Cc2ccccc2)cc1C(=O)O)c1ccc2ccccc2c1. The van der Waals surface area contributed by atoms with Crippen LogP contribution in [-0.2, 0) is 20.6 Å². The van der Waals surface area contributed by atoms with Gasteiger partial charge in [0.05, 0.1) is 17.0 Å². The maximum atomic E-state index is 12.7. The highest BCUT2D eigenvalue weighted by Crippen LogP contribution is 2.24. The molecule has 0 spiro atoms. The molecular weight excluding hydrogens is 476 g/mol. The lowest BCUT2D eigenvalue weighted by molar-refractivity contribution is -0.111. The van der Waals surface area contributed by atoms with Gasteiger partial charge in [0.15, 0.2) is 0 Å². The Bertz CT molecular complexity index is 1580. The van der Waals surface area contributed by atoms with Crippen LogP contribution in [0.25, 0.3) is 16.3 Å². The van der Waals surface area contributed by atoms with E-state index in [1.165, 1.54) is 24.3 Å². The number of fused-ring (bicyclic) bond motifs is 1. The quantitative estimate of drug-likeness (QED) is 0.276. The fraction of sp³-hybridized carbons (Fsp3) is 0.0714. The number of carbonyl (C=O) groups is 2. The van der Waals surface area contributed by atoms with Crippen LogP contribution in [0.15, 0.2) is 97.1 Å². The van der Waals surface area contributed by atoms with Crippen LogP contribution in [0.2, 0.25) is 0 Å². The number of allylic oxidation sites excluding steroid dienone is 1. The Balaban J connectivity index is 1.51. The molecule has 4 rings (SSSR count). The van der Waals surface area contributed by atoms with Crippen LogP contribution in [0, 0.1) is 0 Å². The second-order valence-corrected chi connectivity index (χ2v) is 10.0. The number of aromatic carboxylic acids is 1. The number of hydrogen-bond acceptors (Lipinski definition) is 4. The Morgan fingerprint density at radius 1 is 0.861 bits per heavy atom. The molecule has 0 saturated heterocycles. The number of amides is 1. The number of carbonyl (C=O) groups excluding carboxylic acids is 1. The minimum Gasteiger partial charge on any atom is -0.478 e. The predicted octanol–water partition coefficient (Wildman–Crippen LogP) is 5.52. The van der Waals surface area contributed by atoms with Crippen molar-refractivity contribution in [1.29, 1.82) is 0 Å². The molecule has 0 radical (unpaired) electrons. The second-order valence-electron chi connectivity index (χ2n) is 8.29. The van der Waals surface area contributed by atoms with E-state index in [0.29, 0.717) is 11.1 Å². The zero-order chi connectivity index (χ0) is 25.7. The summed E-state index contributed by atoms with van der Waals surface area (Å²) in [5.41, 5.74) is 2.08. The third kappa shape index (κ3) is 6.17. The van der Waals surface area contributed by atoms with Crippen molar-refractivity contribution in [3.8, 4) is 0 Å².